The van der Waals surface area contributed by atoms with Crippen LogP contribution in [0, 0.1) is 20.3 Å². The molecule has 3 nitrogen and oxygen atoms in total. The Bertz CT molecular complexity index is 519. The third-order valence-electron chi connectivity index (χ3n) is 3.18. The largest absolute Gasteiger partial charge is 0.324 e. The summed E-state index contributed by atoms with van der Waals surface area (Å²) in [7, 11) is 0. The second-order valence-corrected chi connectivity index (χ2v) is 6.37. The summed E-state index contributed by atoms with van der Waals surface area (Å²) in [5.74, 6) is -0.219. The minimum atomic E-state index is -0.938. The Morgan fingerprint density at radius 2 is 2.00 bits per heavy atom. The van der Waals surface area contributed by atoms with Gasteiger partial charge in [0.15, 0.2) is 0 Å². The summed E-state index contributed by atoms with van der Waals surface area (Å²) in [6.45, 7) is 3.97. The topological polar surface area (TPSA) is 52.9 Å². The van der Waals surface area contributed by atoms with Crippen molar-refractivity contribution < 1.29 is 4.79 Å². The number of carbonyl (C=O) groups is 1. The van der Waals surface area contributed by atoms with Crippen molar-refractivity contribution in [1.29, 1.82) is 5.26 Å². The molecule has 0 aromatic heterocycles. The Hall–Kier alpha value is -0.800. The molecule has 108 valence electrons. The smallest absolute Gasteiger partial charge is 0.244 e. The summed E-state index contributed by atoms with van der Waals surface area (Å²) in [5.41, 5.74) is -0.238. The minimum Gasteiger partial charge on any atom is -0.324 e. The predicted molar refractivity (Wildman–Crippen MR) is 90.7 cm³/mol. The molecule has 20 heavy (non-hydrogen) atoms. The van der Waals surface area contributed by atoms with Crippen LogP contribution in [0.4, 0.5) is 5.69 Å². The number of halogens is 2. The Kier molecular flexibility index (Phi) is 6.77. The maximum absolute atomic E-state index is 12.5. The van der Waals surface area contributed by atoms with Crippen LogP contribution in [0.1, 0.15) is 39.5 Å². The summed E-state index contributed by atoms with van der Waals surface area (Å²) in [5, 5.41) is 13.0. The molecule has 1 N–H and O–H groups in total. The Morgan fingerprint density at radius 1 is 1.40 bits per heavy atom. The van der Waals surface area contributed by atoms with E-state index in [2.05, 4.69) is 34.0 Å². The van der Waals surface area contributed by atoms with Gasteiger partial charge >= 0.3 is 0 Å². The van der Waals surface area contributed by atoms with Gasteiger partial charge in [-0.2, -0.15) is 5.26 Å². The third kappa shape index (κ3) is 4.10. The number of benzene rings is 1. The molecule has 1 amide bonds. The standard InChI is InChI=1S/C15H18ClIN2O/c1-3-7-15(10-18,8-4-2)14(20)19-13-6-5-11(16)9-12(13)17/h5-6,9H,3-4,7-8H2,1-2H3,(H,19,20). The van der Waals surface area contributed by atoms with Gasteiger partial charge in [-0.1, -0.05) is 38.3 Å². The number of hydrogen-bond acceptors (Lipinski definition) is 2. The van der Waals surface area contributed by atoms with Crippen LogP contribution in [0.25, 0.3) is 0 Å². The summed E-state index contributed by atoms with van der Waals surface area (Å²) in [6.07, 6.45) is 2.76. The van der Waals surface area contributed by atoms with Gasteiger partial charge in [0.05, 0.1) is 11.8 Å². The first-order valence-corrected chi connectivity index (χ1v) is 8.12. The molecule has 0 heterocycles. The van der Waals surface area contributed by atoms with E-state index in [0.717, 1.165) is 16.4 Å². The Balaban J connectivity index is 2.99. The van der Waals surface area contributed by atoms with Crippen molar-refractivity contribution in [3.63, 3.8) is 0 Å². The van der Waals surface area contributed by atoms with Gasteiger partial charge in [-0.15, -0.1) is 0 Å². The van der Waals surface area contributed by atoms with Crippen molar-refractivity contribution in [2.45, 2.75) is 39.5 Å². The highest BCUT2D eigenvalue weighted by Crippen LogP contribution is 2.32. The monoisotopic (exact) mass is 404 g/mol. The van der Waals surface area contributed by atoms with Crippen molar-refractivity contribution in [3.8, 4) is 6.07 Å². The van der Waals surface area contributed by atoms with Crippen LogP contribution in [0.5, 0.6) is 0 Å². The fraction of sp³-hybridized carbons (Fsp3) is 0.467. The molecule has 1 aromatic rings. The van der Waals surface area contributed by atoms with Crippen LogP contribution in [0.2, 0.25) is 5.02 Å². The van der Waals surface area contributed by atoms with Gasteiger partial charge in [-0.25, -0.2) is 0 Å². The van der Waals surface area contributed by atoms with Gasteiger partial charge in [-0.05, 0) is 53.6 Å². The number of hydrogen-bond donors (Lipinski definition) is 1. The lowest BCUT2D eigenvalue weighted by atomic mass is 9.79. The molecule has 0 unspecified atom stereocenters. The summed E-state index contributed by atoms with van der Waals surface area (Å²) in [4.78, 5) is 12.5. The van der Waals surface area contributed by atoms with E-state index in [-0.39, 0.29) is 5.91 Å². The van der Waals surface area contributed by atoms with Crippen LogP contribution >= 0.6 is 34.2 Å². The molecule has 0 spiro atoms. The highest BCUT2D eigenvalue weighted by Gasteiger charge is 2.37. The first-order chi connectivity index (χ1) is 9.49. The van der Waals surface area contributed by atoms with Crippen LogP contribution in [-0.4, -0.2) is 5.91 Å². The molecule has 0 radical (unpaired) electrons. The summed E-state index contributed by atoms with van der Waals surface area (Å²) < 4.78 is 0.864. The van der Waals surface area contributed by atoms with Crippen molar-refractivity contribution in [2.24, 2.45) is 5.41 Å². The van der Waals surface area contributed by atoms with E-state index in [9.17, 15) is 10.1 Å². The zero-order valence-corrected chi connectivity index (χ0v) is 14.6. The number of anilines is 1. The van der Waals surface area contributed by atoms with Gasteiger partial charge in [0, 0.05) is 8.59 Å². The highest BCUT2D eigenvalue weighted by atomic mass is 127. The molecule has 1 aromatic carbocycles. The van der Waals surface area contributed by atoms with Gasteiger partial charge in [-0.3, -0.25) is 4.79 Å². The molecule has 0 bridgehead atoms. The lowest BCUT2D eigenvalue weighted by Gasteiger charge is -2.24. The van der Waals surface area contributed by atoms with E-state index in [1.807, 2.05) is 13.8 Å². The molecule has 0 aliphatic heterocycles. The molecule has 5 heteroatoms. The van der Waals surface area contributed by atoms with Gasteiger partial charge < -0.3 is 5.32 Å². The number of nitrogens with one attached hydrogen (secondary N) is 1. The van der Waals surface area contributed by atoms with Crippen molar-refractivity contribution in [3.05, 3.63) is 26.8 Å². The molecule has 0 aliphatic carbocycles. The molecule has 0 atom stereocenters. The average molecular weight is 405 g/mol. The van der Waals surface area contributed by atoms with Gasteiger partial charge in [0.2, 0.25) is 5.91 Å². The van der Waals surface area contributed by atoms with Crippen LogP contribution < -0.4 is 5.32 Å². The molecule has 0 saturated carbocycles. The molecule has 1 rings (SSSR count). The number of rotatable bonds is 6. The van der Waals surface area contributed by atoms with Gasteiger partial charge in [0.1, 0.15) is 5.41 Å². The van der Waals surface area contributed by atoms with Crippen molar-refractivity contribution in [1.82, 2.24) is 0 Å². The number of nitriles is 1. The first kappa shape index (κ1) is 17.3. The molecule has 0 aliphatic rings. The fourth-order valence-corrected chi connectivity index (χ4v) is 3.21. The average Bonchev–Trinajstić information content (AvgIpc) is 2.41. The predicted octanol–water partition coefficient (Wildman–Crippen LogP) is 4.99. The van der Waals surface area contributed by atoms with Crippen LogP contribution in [-0.2, 0) is 4.79 Å². The molecule has 0 saturated heterocycles. The lowest BCUT2D eigenvalue weighted by molar-refractivity contribution is -0.123. The van der Waals surface area contributed by atoms with E-state index in [4.69, 9.17) is 11.6 Å². The van der Waals surface area contributed by atoms with E-state index >= 15 is 0 Å². The van der Waals surface area contributed by atoms with E-state index < -0.39 is 5.41 Å². The van der Waals surface area contributed by atoms with Crippen LogP contribution in [0.15, 0.2) is 18.2 Å². The zero-order chi connectivity index (χ0) is 15.2. The number of carbonyl (C=O) groups excluding carboxylic acids is 1. The van der Waals surface area contributed by atoms with E-state index in [1.54, 1.807) is 18.2 Å². The Labute approximate surface area is 138 Å². The fourth-order valence-electron chi connectivity index (χ4n) is 2.20. The van der Waals surface area contributed by atoms with Gasteiger partial charge in [0.25, 0.3) is 0 Å². The maximum Gasteiger partial charge on any atom is 0.244 e. The summed E-state index contributed by atoms with van der Waals surface area (Å²) >= 11 is 8.02. The second kappa shape index (κ2) is 7.84. The van der Waals surface area contributed by atoms with Crippen molar-refractivity contribution in [2.75, 3.05) is 5.32 Å². The second-order valence-electron chi connectivity index (χ2n) is 4.77. The first-order valence-electron chi connectivity index (χ1n) is 6.67. The minimum absolute atomic E-state index is 0.219. The number of nitrogens with zero attached hydrogens (tertiary/aromatic N) is 1. The lowest BCUT2D eigenvalue weighted by Crippen LogP contribution is -2.35. The van der Waals surface area contributed by atoms with Crippen LogP contribution in [0.3, 0.4) is 0 Å². The Morgan fingerprint density at radius 3 is 2.45 bits per heavy atom. The maximum atomic E-state index is 12.5. The highest BCUT2D eigenvalue weighted by molar-refractivity contribution is 14.1. The normalized spacial score (nSPS) is 10.9. The summed E-state index contributed by atoms with van der Waals surface area (Å²) in [6, 6.07) is 7.51. The number of amides is 1. The molecular formula is C15H18ClIN2O. The third-order valence-corrected chi connectivity index (χ3v) is 4.31. The SMILES string of the molecule is CCCC(C#N)(CCC)C(=O)Nc1ccc(Cl)cc1I. The quantitative estimate of drug-likeness (QED) is 0.679. The van der Waals surface area contributed by atoms with Crippen molar-refractivity contribution >= 4 is 45.8 Å². The van der Waals surface area contributed by atoms with E-state index in [0.29, 0.717) is 23.6 Å². The van der Waals surface area contributed by atoms with E-state index in [1.165, 1.54) is 0 Å². The molecular weight excluding hydrogens is 387 g/mol. The zero-order valence-electron chi connectivity index (χ0n) is 11.7. The molecule has 0 fully saturated rings.